The SMILES string of the molecule is CCNC(=NCc1ccn(-c2ccc(OC)cc2)n1)NCCSC. The van der Waals surface area contributed by atoms with Gasteiger partial charge in [0.1, 0.15) is 5.75 Å². The summed E-state index contributed by atoms with van der Waals surface area (Å²) < 4.78 is 7.02. The van der Waals surface area contributed by atoms with Crippen molar-refractivity contribution in [1.82, 2.24) is 20.4 Å². The van der Waals surface area contributed by atoms with Crippen LogP contribution in [-0.4, -0.2) is 47.9 Å². The van der Waals surface area contributed by atoms with Crippen molar-refractivity contribution in [2.24, 2.45) is 4.99 Å². The molecule has 0 aliphatic carbocycles. The normalized spacial score (nSPS) is 11.4. The van der Waals surface area contributed by atoms with Crippen LogP contribution in [0.4, 0.5) is 0 Å². The summed E-state index contributed by atoms with van der Waals surface area (Å²) in [6, 6.07) is 9.79. The molecule has 2 aromatic rings. The van der Waals surface area contributed by atoms with Gasteiger partial charge in [0.2, 0.25) is 0 Å². The lowest BCUT2D eigenvalue weighted by atomic mass is 10.3. The Morgan fingerprint density at radius 1 is 1.25 bits per heavy atom. The van der Waals surface area contributed by atoms with Gasteiger partial charge in [-0.1, -0.05) is 0 Å². The van der Waals surface area contributed by atoms with Crippen molar-refractivity contribution in [3.8, 4) is 11.4 Å². The molecule has 2 rings (SSSR count). The third-order valence-corrected chi connectivity index (χ3v) is 3.94. The highest BCUT2D eigenvalue weighted by Crippen LogP contribution is 2.14. The number of ether oxygens (including phenoxy) is 1. The number of nitrogens with zero attached hydrogens (tertiary/aromatic N) is 3. The lowest BCUT2D eigenvalue weighted by Gasteiger charge is -2.10. The molecule has 7 heteroatoms. The van der Waals surface area contributed by atoms with E-state index in [0.29, 0.717) is 6.54 Å². The Balaban J connectivity index is 1.99. The van der Waals surface area contributed by atoms with Gasteiger partial charge in [-0.25, -0.2) is 9.67 Å². The van der Waals surface area contributed by atoms with Crippen LogP contribution in [0.1, 0.15) is 12.6 Å². The number of methoxy groups -OCH3 is 1. The summed E-state index contributed by atoms with van der Waals surface area (Å²) in [5.41, 5.74) is 1.92. The highest BCUT2D eigenvalue weighted by atomic mass is 32.2. The van der Waals surface area contributed by atoms with Gasteiger partial charge in [-0.2, -0.15) is 16.9 Å². The molecule has 0 aliphatic rings. The maximum absolute atomic E-state index is 5.18. The maximum atomic E-state index is 5.18. The molecule has 0 bridgehead atoms. The summed E-state index contributed by atoms with van der Waals surface area (Å²) in [4.78, 5) is 4.58. The summed E-state index contributed by atoms with van der Waals surface area (Å²) >= 11 is 1.81. The van der Waals surface area contributed by atoms with Gasteiger partial charge in [0.15, 0.2) is 5.96 Å². The minimum absolute atomic E-state index is 0.539. The van der Waals surface area contributed by atoms with Gasteiger partial charge in [0.25, 0.3) is 0 Å². The van der Waals surface area contributed by atoms with Crippen LogP contribution < -0.4 is 15.4 Å². The number of aliphatic imine (C=N–C) groups is 1. The van der Waals surface area contributed by atoms with E-state index in [1.807, 2.05) is 53.0 Å². The first-order chi connectivity index (χ1) is 11.8. The molecule has 0 radical (unpaired) electrons. The van der Waals surface area contributed by atoms with Gasteiger partial charge in [-0.05, 0) is 43.5 Å². The van der Waals surface area contributed by atoms with Crippen molar-refractivity contribution < 1.29 is 4.74 Å². The zero-order valence-corrected chi connectivity index (χ0v) is 15.3. The molecule has 0 unspecified atom stereocenters. The van der Waals surface area contributed by atoms with Crippen LogP contribution in [0, 0.1) is 0 Å². The third kappa shape index (κ3) is 5.49. The summed E-state index contributed by atoms with van der Waals surface area (Å²) in [5.74, 6) is 2.71. The zero-order valence-electron chi connectivity index (χ0n) is 14.5. The van der Waals surface area contributed by atoms with E-state index < -0.39 is 0 Å². The van der Waals surface area contributed by atoms with Crippen LogP contribution >= 0.6 is 11.8 Å². The third-order valence-electron chi connectivity index (χ3n) is 3.32. The quantitative estimate of drug-likeness (QED) is 0.436. The lowest BCUT2D eigenvalue weighted by Crippen LogP contribution is -2.38. The van der Waals surface area contributed by atoms with Crippen molar-refractivity contribution in [2.45, 2.75) is 13.5 Å². The fraction of sp³-hybridized carbons (Fsp3) is 0.412. The van der Waals surface area contributed by atoms with E-state index in [1.165, 1.54) is 0 Å². The van der Waals surface area contributed by atoms with E-state index in [-0.39, 0.29) is 0 Å². The molecular weight excluding hydrogens is 322 g/mol. The molecule has 0 aliphatic heterocycles. The molecule has 0 saturated heterocycles. The average molecular weight is 347 g/mol. The van der Waals surface area contributed by atoms with Crippen LogP contribution in [-0.2, 0) is 6.54 Å². The van der Waals surface area contributed by atoms with Gasteiger partial charge in [0.05, 0.1) is 25.0 Å². The number of benzene rings is 1. The minimum Gasteiger partial charge on any atom is -0.497 e. The molecule has 0 amide bonds. The second-order valence-corrected chi connectivity index (χ2v) is 6.05. The number of hydrogen-bond acceptors (Lipinski definition) is 4. The van der Waals surface area contributed by atoms with E-state index in [1.54, 1.807) is 7.11 Å². The lowest BCUT2D eigenvalue weighted by molar-refractivity contribution is 0.414. The molecule has 0 spiro atoms. The second-order valence-electron chi connectivity index (χ2n) is 5.06. The molecule has 1 aromatic carbocycles. The maximum Gasteiger partial charge on any atom is 0.191 e. The van der Waals surface area contributed by atoms with Gasteiger partial charge < -0.3 is 15.4 Å². The predicted molar refractivity (Wildman–Crippen MR) is 101 cm³/mol. The van der Waals surface area contributed by atoms with Crippen molar-refractivity contribution in [3.63, 3.8) is 0 Å². The molecule has 0 fully saturated rings. The fourth-order valence-electron chi connectivity index (χ4n) is 2.10. The summed E-state index contributed by atoms with van der Waals surface area (Å²) in [7, 11) is 1.66. The van der Waals surface area contributed by atoms with Gasteiger partial charge in [-0.3, -0.25) is 0 Å². The first kappa shape index (κ1) is 18.2. The Kier molecular flexibility index (Phi) is 7.48. The minimum atomic E-state index is 0.539. The van der Waals surface area contributed by atoms with Crippen molar-refractivity contribution >= 4 is 17.7 Å². The Labute approximate surface area is 147 Å². The largest absolute Gasteiger partial charge is 0.497 e. The second kappa shape index (κ2) is 9.87. The van der Waals surface area contributed by atoms with Crippen LogP contribution in [0.3, 0.4) is 0 Å². The first-order valence-electron chi connectivity index (χ1n) is 7.97. The standard InChI is InChI=1S/C17H25N5OS/c1-4-18-17(19-10-12-24-3)20-13-14-9-11-22(21-14)15-5-7-16(23-2)8-6-15/h5-9,11H,4,10,12-13H2,1-3H3,(H2,18,19,20). The van der Waals surface area contributed by atoms with Crippen molar-refractivity contribution in [2.75, 3.05) is 32.2 Å². The average Bonchev–Trinajstić information content (AvgIpc) is 3.09. The highest BCUT2D eigenvalue weighted by molar-refractivity contribution is 7.98. The zero-order chi connectivity index (χ0) is 17.2. The molecule has 6 nitrogen and oxygen atoms in total. The molecule has 24 heavy (non-hydrogen) atoms. The van der Waals surface area contributed by atoms with Gasteiger partial charge in [0, 0.05) is 25.0 Å². The summed E-state index contributed by atoms with van der Waals surface area (Å²) in [6.45, 7) is 4.33. The monoisotopic (exact) mass is 347 g/mol. The van der Waals surface area contributed by atoms with Crippen molar-refractivity contribution in [1.29, 1.82) is 0 Å². The van der Waals surface area contributed by atoms with E-state index >= 15 is 0 Å². The topological polar surface area (TPSA) is 63.5 Å². The van der Waals surface area contributed by atoms with E-state index in [0.717, 1.165) is 41.9 Å². The van der Waals surface area contributed by atoms with Crippen molar-refractivity contribution in [3.05, 3.63) is 42.2 Å². The Morgan fingerprint density at radius 2 is 2.04 bits per heavy atom. The number of hydrogen-bond donors (Lipinski definition) is 2. The number of nitrogens with one attached hydrogen (secondary N) is 2. The molecule has 1 aromatic heterocycles. The van der Waals surface area contributed by atoms with E-state index in [9.17, 15) is 0 Å². The van der Waals surface area contributed by atoms with Gasteiger partial charge >= 0.3 is 0 Å². The Hall–Kier alpha value is -2.15. The van der Waals surface area contributed by atoms with Crippen LogP contribution in [0.15, 0.2) is 41.5 Å². The van der Waals surface area contributed by atoms with Crippen LogP contribution in [0.2, 0.25) is 0 Å². The smallest absolute Gasteiger partial charge is 0.191 e. The molecule has 0 saturated carbocycles. The van der Waals surface area contributed by atoms with E-state index in [2.05, 4.69) is 33.9 Å². The predicted octanol–water partition coefficient (Wildman–Crippen LogP) is 2.30. The number of aromatic nitrogens is 2. The van der Waals surface area contributed by atoms with E-state index in [4.69, 9.17) is 4.74 Å². The highest BCUT2D eigenvalue weighted by Gasteiger charge is 2.02. The fourth-order valence-corrected chi connectivity index (χ4v) is 2.40. The molecule has 130 valence electrons. The van der Waals surface area contributed by atoms with Crippen LogP contribution in [0.5, 0.6) is 5.75 Å². The molecule has 1 heterocycles. The number of guanidine groups is 1. The van der Waals surface area contributed by atoms with Crippen LogP contribution in [0.25, 0.3) is 5.69 Å². The summed E-state index contributed by atoms with van der Waals surface area (Å²) in [5, 5.41) is 11.1. The number of rotatable bonds is 8. The molecular formula is C17H25N5OS. The van der Waals surface area contributed by atoms with Gasteiger partial charge in [-0.15, -0.1) is 0 Å². The summed E-state index contributed by atoms with van der Waals surface area (Å²) in [6.07, 6.45) is 4.04. The first-order valence-corrected chi connectivity index (χ1v) is 9.36. The number of thioether (sulfide) groups is 1. The Morgan fingerprint density at radius 3 is 2.71 bits per heavy atom. The molecule has 2 N–H and O–H groups in total. The molecule has 0 atom stereocenters. The Bertz CT molecular complexity index is 639.